The van der Waals surface area contributed by atoms with Crippen LogP contribution in [0.5, 0.6) is 0 Å². The third-order valence-corrected chi connectivity index (χ3v) is 4.15. The Bertz CT molecular complexity index is 1180. The lowest BCUT2D eigenvalue weighted by molar-refractivity contribution is 0.928. The zero-order valence-electron chi connectivity index (χ0n) is 17.1. The number of nitrogens with one attached hydrogen (secondary N) is 1. The molecule has 3 aromatic carbocycles. The summed E-state index contributed by atoms with van der Waals surface area (Å²) in [5, 5.41) is 20.1. The van der Waals surface area contributed by atoms with Gasteiger partial charge in [-0.05, 0) is 74.5 Å². The van der Waals surface area contributed by atoms with E-state index in [1.807, 2.05) is 92.7 Å². The van der Waals surface area contributed by atoms with Crippen LogP contribution in [0.3, 0.4) is 0 Å². The Hall–Kier alpha value is -4.33. The van der Waals surface area contributed by atoms with Crippen LogP contribution >= 0.6 is 0 Å². The summed E-state index contributed by atoms with van der Waals surface area (Å²) in [6.45, 7) is 3.67. The Morgan fingerprint density at radius 3 is 1.42 bits per heavy atom. The van der Waals surface area contributed by atoms with Crippen LogP contribution in [0.1, 0.15) is 11.6 Å². The quantitative estimate of drug-likeness (QED) is 0.345. The molecule has 0 aliphatic rings. The van der Waals surface area contributed by atoms with Crippen LogP contribution in [0, 0.1) is 13.8 Å². The third-order valence-electron chi connectivity index (χ3n) is 4.15. The van der Waals surface area contributed by atoms with Crippen LogP contribution in [0.25, 0.3) is 0 Å². The van der Waals surface area contributed by atoms with Gasteiger partial charge in [-0.25, -0.2) is 4.98 Å². The molecular formula is C23H20N8. The first-order valence-corrected chi connectivity index (χ1v) is 9.69. The number of hydrogen-bond acceptors (Lipinski definition) is 8. The Morgan fingerprint density at radius 1 is 0.516 bits per heavy atom. The molecule has 1 N–H and O–H groups in total. The van der Waals surface area contributed by atoms with Gasteiger partial charge in [0.1, 0.15) is 11.6 Å². The normalized spacial score (nSPS) is 11.3. The van der Waals surface area contributed by atoms with Crippen molar-refractivity contribution in [2.75, 3.05) is 5.32 Å². The maximum atomic E-state index is 4.28. The Balaban J connectivity index is 1.37. The maximum absolute atomic E-state index is 4.28. The van der Waals surface area contributed by atoms with Crippen LogP contribution in [0.4, 0.5) is 34.4 Å². The van der Waals surface area contributed by atoms with E-state index in [9.17, 15) is 0 Å². The summed E-state index contributed by atoms with van der Waals surface area (Å²) in [6, 6.07) is 24.5. The largest absolute Gasteiger partial charge is 0.324 e. The second-order valence-electron chi connectivity index (χ2n) is 6.68. The minimum absolute atomic E-state index is 0.517. The summed E-state index contributed by atoms with van der Waals surface area (Å²) in [5.74, 6) is 1.87. The molecule has 4 aromatic rings. The Morgan fingerprint density at radius 2 is 0.935 bits per heavy atom. The summed E-state index contributed by atoms with van der Waals surface area (Å²) in [4.78, 5) is 12.7. The van der Waals surface area contributed by atoms with Crippen molar-refractivity contribution in [3.8, 4) is 0 Å². The molecule has 0 atom stereocenters. The smallest absolute Gasteiger partial charge is 0.230 e. The highest BCUT2D eigenvalue weighted by Crippen LogP contribution is 2.24. The van der Waals surface area contributed by atoms with E-state index in [4.69, 9.17) is 0 Å². The molecule has 0 saturated heterocycles. The number of hydrogen-bond donors (Lipinski definition) is 1. The predicted molar refractivity (Wildman–Crippen MR) is 120 cm³/mol. The SMILES string of the molecule is Cc1nc(C)nc(Nc2ccc(N=Nc3ccc(N=Nc4ccccc4)cc3)cc2)n1. The first-order valence-electron chi connectivity index (χ1n) is 9.69. The van der Waals surface area contributed by atoms with Gasteiger partial charge in [-0.3, -0.25) is 0 Å². The van der Waals surface area contributed by atoms with Crippen molar-refractivity contribution in [2.45, 2.75) is 13.8 Å². The molecule has 1 heterocycles. The van der Waals surface area contributed by atoms with Gasteiger partial charge in [0.25, 0.3) is 0 Å². The van der Waals surface area contributed by atoms with Gasteiger partial charge in [-0.2, -0.15) is 30.4 Å². The van der Waals surface area contributed by atoms with Crippen molar-refractivity contribution >= 4 is 34.4 Å². The fourth-order valence-electron chi connectivity index (χ4n) is 2.72. The van der Waals surface area contributed by atoms with Gasteiger partial charge in [0.2, 0.25) is 5.95 Å². The van der Waals surface area contributed by atoms with Crippen molar-refractivity contribution in [2.24, 2.45) is 20.5 Å². The number of aromatic nitrogens is 3. The molecule has 0 aliphatic heterocycles. The summed E-state index contributed by atoms with van der Waals surface area (Å²) < 4.78 is 0. The van der Waals surface area contributed by atoms with E-state index in [2.05, 4.69) is 40.7 Å². The summed E-state index contributed by atoms with van der Waals surface area (Å²) in [7, 11) is 0. The van der Waals surface area contributed by atoms with Crippen LogP contribution in [-0.2, 0) is 0 Å². The number of anilines is 2. The lowest BCUT2D eigenvalue weighted by atomic mass is 10.3. The number of benzene rings is 3. The predicted octanol–water partition coefficient (Wildman–Crippen LogP) is 7.06. The summed E-state index contributed by atoms with van der Waals surface area (Å²) >= 11 is 0. The zero-order chi connectivity index (χ0) is 21.5. The first kappa shape index (κ1) is 20.0. The topological polar surface area (TPSA) is 100 Å². The van der Waals surface area contributed by atoms with Gasteiger partial charge in [0.05, 0.1) is 22.7 Å². The van der Waals surface area contributed by atoms with Crippen molar-refractivity contribution in [3.63, 3.8) is 0 Å². The molecule has 0 aliphatic carbocycles. The lowest BCUT2D eigenvalue weighted by Crippen LogP contribution is -2.02. The van der Waals surface area contributed by atoms with E-state index >= 15 is 0 Å². The molecule has 8 heteroatoms. The molecule has 0 fully saturated rings. The highest BCUT2D eigenvalue weighted by molar-refractivity contribution is 5.57. The molecule has 0 amide bonds. The van der Waals surface area contributed by atoms with Crippen LogP contribution < -0.4 is 5.32 Å². The molecule has 152 valence electrons. The van der Waals surface area contributed by atoms with Gasteiger partial charge in [-0.15, -0.1) is 0 Å². The number of aryl methyl sites for hydroxylation is 2. The Kier molecular flexibility index (Phi) is 6.08. The van der Waals surface area contributed by atoms with Gasteiger partial charge < -0.3 is 5.32 Å². The summed E-state index contributed by atoms with van der Waals surface area (Å²) in [5.41, 5.74) is 3.89. The minimum Gasteiger partial charge on any atom is -0.324 e. The maximum Gasteiger partial charge on any atom is 0.230 e. The number of nitrogens with zero attached hydrogens (tertiary/aromatic N) is 7. The Labute approximate surface area is 179 Å². The third kappa shape index (κ3) is 5.83. The summed E-state index contributed by atoms with van der Waals surface area (Å²) in [6.07, 6.45) is 0. The highest BCUT2D eigenvalue weighted by atomic mass is 15.2. The van der Waals surface area contributed by atoms with E-state index in [0.29, 0.717) is 17.6 Å². The standard InChI is InChI=1S/C23H20N8/c1-16-24-17(2)26-23(25-16)27-18-8-10-20(11-9-18)30-31-22-14-12-21(13-15-22)29-28-19-6-4-3-5-7-19/h3-15H,1-2H3,(H,24,25,26,27). The molecular weight excluding hydrogens is 388 g/mol. The van der Waals surface area contributed by atoms with Crippen LogP contribution in [0.15, 0.2) is 99.3 Å². The molecule has 0 saturated carbocycles. The molecule has 0 spiro atoms. The minimum atomic E-state index is 0.517. The fourth-order valence-corrected chi connectivity index (χ4v) is 2.72. The average molecular weight is 408 g/mol. The van der Waals surface area contributed by atoms with Crippen molar-refractivity contribution in [1.82, 2.24) is 15.0 Å². The van der Waals surface area contributed by atoms with E-state index in [0.717, 1.165) is 28.4 Å². The molecule has 31 heavy (non-hydrogen) atoms. The van der Waals surface area contributed by atoms with Crippen molar-refractivity contribution < 1.29 is 0 Å². The van der Waals surface area contributed by atoms with E-state index in [1.54, 1.807) is 0 Å². The van der Waals surface area contributed by atoms with Crippen LogP contribution in [-0.4, -0.2) is 15.0 Å². The van der Waals surface area contributed by atoms with Gasteiger partial charge >= 0.3 is 0 Å². The van der Waals surface area contributed by atoms with E-state index in [1.165, 1.54) is 0 Å². The molecule has 0 bridgehead atoms. The van der Waals surface area contributed by atoms with Crippen molar-refractivity contribution in [1.29, 1.82) is 0 Å². The monoisotopic (exact) mass is 408 g/mol. The van der Waals surface area contributed by atoms with E-state index < -0.39 is 0 Å². The second-order valence-corrected chi connectivity index (χ2v) is 6.68. The van der Waals surface area contributed by atoms with Gasteiger partial charge in [0, 0.05) is 5.69 Å². The van der Waals surface area contributed by atoms with Crippen molar-refractivity contribution in [3.05, 3.63) is 90.5 Å². The lowest BCUT2D eigenvalue weighted by Gasteiger charge is -2.06. The highest BCUT2D eigenvalue weighted by Gasteiger charge is 2.01. The molecule has 1 aromatic heterocycles. The van der Waals surface area contributed by atoms with Gasteiger partial charge in [-0.1, -0.05) is 18.2 Å². The molecule has 4 rings (SSSR count). The molecule has 0 radical (unpaired) electrons. The van der Waals surface area contributed by atoms with E-state index in [-0.39, 0.29) is 0 Å². The average Bonchev–Trinajstić information content (AvgIpc) is 2.78. The second kappa shape index (κ2) is 9.45. The van der Waals surface area contributed by atoms with Crippen LogP contribution in [0.2, 0.25) is 0 Å². The van der Waals surface area contributed by atoms with Gasteiger partial charge in [0.15, 0.2) is 0 Å². The fraction of sp³-hybridized carbons (Fsp3) is 0.0870. The zero-order valence-corrected chi connectivity index (χ0v) is 17.1. The molecule has 8 nitrogen and oxygen atoms in total. The number of rotatable bonds is 6. The molecule has 0 unspecified atom stereocenters. The number of azo groups is 2. The first-order chi connectivity index (χ1) is 15.1.